The van der Waals surface area contributed by atoms with E-state index in [4.69, 9.17) is 0 Å². The lowest BCUT2D eigenvalue weighted by molar-refractivity contribution is -0.119. The maximum Gasteiger partial charge on any atom is 0.230 e. The molecule has 0 spiro atoms. The summed E-state index contributed by atoms with van der Waals surface area (Å²) >= 11 is 2.74. The molecule has 0 radical (unpaired) electrons. The van der Waals surface area contributed by atoms with Crippen molar-refractivity contribution < 1.29 is 13.2 Å². The molecule has 124 valence electrons. The van der Waals surface area contributed by atoms with Crippen molar-refractivity contribution in [2.75, 3.05) is 29.1 Å². The summed E-state index contributed by atoms with van der Waals surface area (Å²) in [5.41, 5.74) is 0. The van der Waals surface area contributed by atoms with Gasteiger partial charge in [0.05, 0.1) is 17.3 Å². The molecule has 1 aliphatic rings. The average Bonchev–Trinajstić information content (AvgIpc) is 3.03. The summed E-state index contributed by atoms with van der Waals surface area (Å²) in [7, 11) is -2.97. The Bertz CT molecular complexity index is 603. The standard InChI is InChI=1S/C12H20N4O3S3/c1-2-3-5-13-11-15-16-12(21-11)20-7-10(17)14-9-4-6-22(18,19)8-9/h9H,2-8H2,1H3,(H,13,15)(H,14,17). The first-order valence-electron chi connectivity index (χ1n) is 7.18. The molecule has 2 heterocycles. The first-order valence-corrected chi connectivity index (χ1v) is 10.8. The van der Waals surface area contributed by atoms with Gasteiger partial charge in [0.15, 0.2) is 14.2 Å². The third kappa shape index (κ3) is 5.73. The number of nitrogens with zero attached hydrogens (tertiary/aromatic N) is 2. The minimum Gasteiger partial charge on any atom is -0.360 e. The van der Waals surface area contributed by atoms with E-state index in [2.05, 4.69) is 27.8 Å². The van der Waals surface area contributed by atoms with Crippen molar-refractivity contribution in [1.29, 1.82) is 0 Å². The number of aromatic nitrogens is 2. The van der Waals surface area contributed by atoms with Gasteiger partial charge in [0, 0.05) is 12.6 Å². The SMILES string of the molecule is CCCCNc1nnc(SCC(=O)NC2CCS(=O)(=O)C2)s1. The number of carbonyl (C=O) groups is 1. The van der Waals surface area contributed by atoms with Crippen LogP contribution >= 0.6 is 23.1 Å². The van der Waals surface area contributed by atoms with Gasteiger partial charge < -0.3 is 10.6 Å². The second-order valence-corrected chi connectivity index (χ2v) is 9.54. The molecule has 0 saturated carbocycles. The molecule has 22 heavy (non-hydrogen) atoms. The molecule has 0 bridgehead atoms. The Hall–Kier alpha value is -0.870. The maximum absolute atomic E-state index is 11.8. The van der Waals surface area contributed by atoms with Crippen molar-refractivity contribution in [3.63, 3.8) is 0 Å². The second kappa shape index (κ2) is 8.11. The largest absolute Gasteiger partial charge is 0.360 e. The van der Waals surface area contributed by atoms with Crippen molar-refractivity contribution in [3.05, 3.63) is 0 Å². The van der Waals surface area contributed by atoms with Crippen molar-refractivity contribution in [2.45, 2.75) is 36.6 Å². The van der Waals surface area contributed by atoms with Crippen LogP contribution in [0, 0.1) is 0 Å². The summed E-state index contributed by atoms with van der Waals surface area (Å²) in [6.45, 7) is 2.99. The summed E-state index contributed by atoms with van der Waals surface area (Å²) < 4.78 is 23.4. The van der Waals surface area contributed by atoms with Crippen molar-refractivity contribution in [2.24, 2.45) is 0 Å². The van der Waals surface area contributed by atoms with Crippen LogP contribution in [0.1, 0.15) is 26.2 Å². The molecule has 1 aromatic rings. The fraction of sp³-hybridized carbons (Fsp3) is 0.750. The molecular weight excluding hydrogens is 344 g/mol. The Morgan fingerprint density at radius 1 is 1.45 bits per heavy atom. The third-order valence-electron chi connectivity index (χ3n) is 3.14. The van der Waals surface area contributed by atoms with E-state index in [1.165, 1.54) is 23.1 Å². The van der Waals surface area contributed by atoms with Crippen molar-refractivity contribution in [1.82, 2.24) is 15.5 Å². The molecule has 0 aliphatic carbocycles. The van der Waals surface area contributed by atoms with Gasteiger partial charge in [-0.1, -0.05) is 36.4 Å². The Labute approximate surface area is 138 Å². The number of anilines is 1. The highest BCUT2D eigenvalue weighted by Crippen LogP contribution is 2.25. The zero-order valence-electron chi connectivity index (χ0n) is 12.4. The van der Waals surface area contributed by atoms with Crippen LogP contribution in [0.25, 0.3) is 0 Å². The predicted octanol–water partition coefficient (Wildman–Crippen LogP) is 1.15. The molecule has 1 aromatic heterocycles. The second-order valence-electron chi connectivity index (χ2n) is 5.11. The van der Waals surface area contributed by atoms with Gasteiger partial charge in [-0.25, -0.2) is 8.42 Å². The van der Waals surface area contributed by atoms with Crippen LogP contribution in [0.3, 0.4) is 0 Å². The summed E-state index contributed by atoms with van der Waals surface area (Å²) in [5, 5.41) is 14.7. The smallest absolute Gasteiger partial charge is 0.230 e. The van der Waals surface area contributed by atoms with E-state index in [1.807, 2.05) is 0 Å². The Balaban J connectivity index is 1.70. The highest BCUT2D eigenvalue weighted by Gasteiger charge is 2.28. The number of nitrogens with one attached hydrogen (secondary N) is 2. The highest BCUT2D eigenvalue weighted by atomic mass is 32.2. The highest BCUT2D eigenvalue weighted by molar-refractivity contribution is 8.01. The normalized spacial score (nSPS) is 20.0. The van der Waals surface area contributed by atoms with Crippen LogP contribution in [0.5, 0.6) is 0 Å². The van der Waals surface area contributed by atoms with E-state index in [9.17, 15) is 13.2 Å². The van der Waals surface area contributed by atoms with Gasteiger partial charge in [-0.15, -0.1) is 10.2 Å². The Morgan fingerprint density at radius 3 is 2.95 bits per heavy atom. The van der Waals surface area contributed by atoms with Crippen molar-refractivity contribution >= 4 is 44.0 Å². The maximum atomic E-state index is 11.8. The van der Waals surface area contributed by atoms with Crippen LogP contribution in [0.2, 0.25) is 0 Å². The molecule has 1 unspecified atom stereocenters. The van der Waals surface area contributed by atoms with E-state index in [0.29, 0.717) is 6.42 Å². The zero-order chi connectivity index (χ0) is 16.0. The topological polar surface area (TPSA) is 101 Å². The zero-order valence-corrected chi connectivity index (χ0v) is 14.8. The minimum absolute atomic E-state index is 0.0493. The lowest BCUT2D eigenvalue weighted by Crippen LogP contribution is -2.36. The number of rotatable bonds is 8. The van der Waals surface area contributed by atoms with Gasteiger partial charge in [0.2, 0.25) is 11.0 Å². The number of carbonyl (C=O) groups excluding carboxylic acids is 1. The van der Waals surface area contributed by atoms with E-state index < -0.39 is 9.84 Å². The number of unbranched alkanes of at least 4 members (excludes halogenated alkanes) is 1. The molecule has 0 aromatic carbocycles. The molecule has 1 atom stereocenters. The quantitative estimate of drug-likeness (QED) is 0.527. The monoisotopic (exact) mass is 364 g/mol. The molecule has 1 fully saturated rings. The van der Waals surface area contributed by atoms with Crippen LogP contribution in [-0.2, 0) is 14.6 Å². The van der Waals surface area contributed by atoms with Crippen LogP contribution in [-0.4, -0.2) is 54.4 Å². The first-order chi connectivity index (χ1) is 10.5. The van der Waals surface area contributed by atoms with Crippen LogP contribution < -0.4 is 10.6 Å². The summed E-state index contributed by atoms with van der Waals surface area (Å²) in [4.78, 5) is 11.8. The molecule has 10 heteroatoms. The Kier molecular flexibility index (Phi) is 6.45. The fourth-order valence-electron chi connectivity index (χ4n) is 2.02. The molecule has 1 amide bonds. The number of hydrogen-bond donors (Lipinski definition) is 2. The van der Waals surface area contributed by atoms with E-state index in [-0.39, 0.29) is 29.2 Å². The lowest BCUT2D eigenvalue weighted by atomic mass is 10.3. The first kappa shape index (κ1) is 17.5. The van der Waals surface area contributed by atoms with Gasteiger partial charge in [-0.2, -0.15) is 0 Å². The lowest BCUT2D eigenvalue weighted by Gasteiger charge is -2.09. The molecule has 2 N–H and O–H groups in total. The van der Waals surface area contributed by atoms with Gasteiger partial charge >= 0.3 is 0 Å². The molecule has 2 rings (SSSR count). The molecular formula is C12H20N4O3S3. The van der Waals surface area contributed by atoms with Crippen LogP contribution in [0.15, 0.2) is 4.34 Å². The third-order valence-corrected chi connectivity index (χ3v) is 6.92. The van der Waals surface area contributed by atoms with E-state index in [1.54, 1.807) is 0 Å². The van der Waals surface area contributed by atoms with Gasteiger partial charge in [-0.3, -0.25) is 4.79 Å². The van der Waals surface area contributed by atoms with Crippen molar-refractivity contribution in [3.8, 4) is 0 Å². The predicted molar refractivity (Wildman–Crippen MR) is 89.2 cm³/mol. The van der Waals surface area contributed by atoms with Gasteiger partial charge in [0.25, 0.3) is 0 Å². The van der Waals surface area contributed by atoms with E-state index in [0.717, 1.165) is 28.9 Å². The van der Waals surface area contributed by atoms with E-state index >= 15 is 0 Å². The van der Waals surface area contributed by atoms with Crippen LogP contribution in [0.4, 0.5) is 5.13 Å². The summed E-state index contributed by atoms with van der Waals surface area (Å²) in [6, 6.07) is -0.251. The molecule has 1 saturated heterocycles. The summed E-state index contributed by atoms with van der Waals surface area (Å²) in [5.74, 6) is 0.269. The molecule has 7 nitrogen and oxygen atoms in total. The minimum atomic E-state index is -2.97. The van der Waals surface area contributed by atoms with Gasteiger partial charge in [-0.05, 0) is 12.8 Å². The number of thioether (sulfide) groups is 1. The molecule has 1 aliphatic heterocycles. The Morgan fingerprint density at radius 2 is 2.27 bits per heavy atom. The number of sulfone groups is 1. The fourth-order valence-corrected chi connectivity index (χ4v) is 5.28. The average molecular weight is 365 g/mol. The number of hydrogen-bond acceptors (Lipinski definition) is 8. The summed E-state index contributed by atoms with van der Waals surface area (Å²) in [6.07, 6.45) is 2.70. The number of amides is 1. The van der Waals surface area contributed by atoms with Gasteiger partial charge in [0.1, 0.15) is 0 Å².